The van der Waals surface area contributed by atoms with Crippen LogP contribution in [0.5, 0.6) is 0 Å². The summed E-state index contributed by atoms with van der Waals surface area (Å²) in [5.41, 5.74) is 0. The normalized spacial score (nSPS) is 11.1. The van der Waals surface area contributed by atoms with Crippen LogP contribution in [-0.4, -0.2) is 42.4 Å². The molecule has 0 bridgehead atoms. The van der Waals surface area contributed by atoms with Gasteiger partial charge < -0.3 is 30.4 Å². The van der Waals surface area contributed by atoms with E-state index in [-0.39, 0.29) is 31.1 Å². The number of hydrogen-bond acceptors (Lipinski definition) is 3. The molecule has 0 spiro atoms. The third-order valence-electron chi connectivity index (χ3n) is 4.39. The Hall–Kier alpha value is -0.917. The van der Waals surface area contributed by atoms with Gasteiger partial charge in [0, 0.05) is 25.9 Å². The summed E-state index contributed by atoms with van der Waals surface area (Å²) in [5.74, 6) is -0.689. The van der Waals surface area contributed by atoms with Crippen molar-refractivity contribution in [3.05, 3.63) is 48.6 Å². The summed E-state index contributed by atoms with van der Waals surface area (Å²) in [4.78, 5) is 31.9. The van der Waals surface area contributed by atoms with Crippen molar-refractivity contribution in [2.45, 2.75) is 96.5 Å². The molecule has 0 saturated carbocycles. The molecule has 1 rings (SSSR count). The molecule has 0 saturated heterocycles. The topological polar surface area (TPSA) is 167 Å². The first-order valence-electron chi connectivity index (χ1n) is 11.5. The van der Waals surface area contributed by atoms with Gasteiger partial charge in [-0.05, 0) is 32.1 Å². The van der Waals surface area contributed by atoms with Gasteiger partial charge in [0.05, 0.1) is 6.10 Å². The van der Waals surface area contributed by atoms with Crippen molar-refractivity contribution in [2.24, 2.45) is 0 Å². The van der Waals surface area contributed by atoms with Gasteiger partial charge in [-0.3, -0.25) is 4.79 Å². The Morgan fingerprint density at radius 3 is 1.74 bits per heavy atom. The van der Waals surface area contributed by atoms with E-state index in [1.165, 1.54) is 25.7 Å². The number of unbranched alkanes of at least 4 members (excludes halogenated alkanes) is 8. The SMILES string of the molecule is CCCCCCC(O)C/C=C\CCCCCCCC(=O)O.O.O=P(O)(O)O.[Zn].c1ccccc1. The Balaban J connectivity index is -0.000000284. The van der Waals surface area contributed by atoms with E-state index in [0.717, 1.165) is 51.4 Å². The Morgan fingerprint density at radius 1 is 0.824 bits per heavy atom. The van der Waals surface area contributed by atoms with Crippen LogP contribution in [0.25, 0.3) is 0 Å². The van der Waals surface area contributed by atoms with Gasteiger partial charge >= 0.3 is 13.8 Å². The van der Waals surface area contributed by atoms with Gasteiger partial charge in [-0.1, -0.05) is 100 Å². The van der Waals surface area contributed by atoms with Crippen LogP contribution in [-0.2, 0) is 28.8 Å². The molecule has 0 amide bonds. The minimum Gasteiger partial charge on any atom is -0.481 e. The molecule has 0 aliphatic rings. The number of aliphatic hydroxyl groups is 1. The van der Waals surface area contributed by atoms with Crippen molar-refractivity contribution in [1.82, 2.24) is 0 Å². The first-order valence-corrected chi connectivity index (χ1v) is 13.1. The molecular weight excluding hydrogens is 513 g/mol. The number of phosphoric acid groups is 1. The van der Waals surface area contributed by atoms with Gasteiger partial charge in [0.15, 0.2) is 0 Å². The average molecular weight is 558 g/mol. The van der Waals surface area contributed by atoms with E-state index >= 15 is 0 Å². The zero-order valence-electron chi connectivity index (χ0n) is 20.6. The van der Waals surface area contributed by atoms with E-state index < -0.39 is 13.8 Å². The van der Waals surface area contributed by atoms with Crippen LogP contribution in [0.4, 0.5) is 0 Å². The summed E-state index contributed by atoms with van der Waals surface area (Å²) >= 11 is 0. The molecule has 8 nitrogen and oxygen atoms in total. The number of hydrogen-bond donors (Lipinski definition) is 5. The molecule has 34 heavy (non-hydrogen) atoms. The molecule has 1 aromatic carbocycles. The predicted octanol–water partition coefficient (Wildman–Crippen LogP) is 5.01. The van der Waals surface area contributed by atoms with Gasteiger partial charge in [-0.25, -0.2) is 4.57 Å². The third-order valence-corrected chi connectivity index (χ3v) is 4.39. The standard InChI is InChI=1S/C18H34O3.C6H6.H3O4P.H2O.Zn/c1-2-3-4-11-14-17(19)15-12-9-7-5-6-8-10-13-16-18(20)21;1-2-4-6-5-3-1;1-5(2,3)4;;/h9,12,17,19H,2-8,10-11,13-16H2,1H3,(H,20,21);1-6H;(H3,1,2,3,4);1H2;/b12-9-;;;;. The Labute approximate surface area is 217 Å². The van der Waals surface area contributed by atoms with E-state index in [0.29, 0.717) is 6.42 Å². The van der Waals surface area contributed by atoms with E-state index in [4.69, 9.17) is 24.4 Å². The van der Waals surface area contributed by atoms with E-state index in [2.05, 4.69) is 19.1 Å². The minimum absolute atomic E-state index is 0. The Kier molecular flexibility index (Phi) is 35.7. The van der Waals surface area contributed by atoms with Gasteiger partial charge in [-0.2, -0.15) is 0 Å². The molecule has 7 N–H and O–H groups in total. The van der Waals surface area contributed by atoms with Crippen LogP contribution in [0, 0.1) is 0 Å². The maximum absolute atomic E-state index is 10.3. The van der Waals surface area contributed by atoms with Crippen LogP contribution in [0.15, 0.2) is 48.6 Å². The van der Waals surface area contributed by atoms with Crippen molar-refractivity contribution in [3.63, 3.8) is 0 Å². The number of carbonyl (C=O) groups is 1. The summed E-state index contributed by atoms with van der Waals surface area (Å²) in [7, 11) is -4.64. The second-order valence-corrected chi connectivity index (χ2v) is 8.60. The fourth-order valence-electron chi connectivity index (χ4n) is 2.75. The Bertz CT molecular complexity index is 561. The summed E-state index contributed by atoms with van der Waals surface area (Å²) < 4.78 is 8.88. The predicted molar refractivity (Wildman–Crippen MR) is 133 cm³/mol. The van der Waals surface area contributed by atoms with Crippen molar-refractivity contribution in [3.8, 4) is 0 Å². The van der Waals surface area contributed by atoms with Crippen molar-refractivity contribution >= 4 is 13.8 Å². The molecule has 0 radical (unpaired) electrons. The number of rotatable bonds is 15. The van der Waals surface area contributed by atoms with Crippen molar-refractivity contribution in [2.75, 3.05) is 0 Å². The third kappa shape index (κ3) is 48.5. The minimum atomic E-state index is -4.64. The Morgan fingerprint density at radius 2 is 1.26 bits per heavy atom. The number of aliphatic carboxylic acids is 1. The van der Waals surface area contributed by atoms with Crippen molar-refractivity contribution in [1.29, 1.82) is 0 Å². The smallest absolute Gasteiger partial charge is 0.466 e. The first kappa shape index (κ1) is 40.3. The van der Waals surface area contributed by atoms with Crippen molar-refractivity contribution < 1.29 is 59.2 Å². The molecule has 10 heteroatoms. The van der Waals surface area contributed by atoms with E-state index in [1.54, 1.807) is 0 Å². The number of carboxylic acid groups (broad SMARTS) is 1. The molecule has 1 aromatic rings. The monoisotopic (exact) mass is 556 g/mol. The second-order valence-electron chi connectivity index (χ2n) is 7.58. The van der Waals surface area contributed by atoms with E-state index in [9.17, 15) is 9.90 Å². The zero-order valence-corrected chi connectivity index (χ0v) is 24.5. The molecule has 0 heterocycles. The van der Waals surface area contributed by atoms with Gasteiger partial charge in [0.25, 0.3) is 0 Å². The first-order chi connectivity index (χ1) is 15.2. The second kappa shape index (κ2) is 30.1. The zero-order chi connectivity index (χ0) is 24.5. The summed E-state index contributed by atoms with van der Waals surface area (Å²) in [6.45, 7) is 2.20. The number of aliphatic hydroxyl groups excluding tert-OH is 1. The van der Waals surface area contributed by atoms with Crippen LogP contribution >= 0.6 is 7.82 Å². The maximum Gasteiger partial charge on any atom is 0.466 e. The molecule has 1 unspecified atom stereocenters. The van der Waals surface area contributed by atoms with Crippen LogP contribution in [0.3, 0.4) is 0 Å². The maximum atomic E-state index is 10.3. The van der Waals surface area contributed by atoms with Gasteiger partial charge in [0.1, 0.15) is 0 Å². The summed E-state index contributed by atoms with van der Waals surface area (Å²) in [6, 6.07) is 12.0. The summed E-state index contributed by atoms with van der Waals surface area (Å²) in [6.07, 6.45) is 17.4. The summed E-state index contributed by atoms with van der Waals surface area (Å²) in [5, 5.41) is 18.3. The quantitative estimate of drug-likeness (QED) is 0.0874. The molecule has 0 fully saturated rings. The molecule has 196 valence electrons. The number of benzene rings is 1. The number of carboxylic acids is 1. The molecule has 0 aliphatic carbocycles. The van der Waals surface area contributed by atoms with E-state index in [1.807, 2.05) is 36.4 Å². The molecule has 0 aliphatic heterocycles. The van der Waals surface area contributed by atoms with Gasteiger partial charge in [0.2, 0.25) is 0 Å². The largest absolute Gasteiger partial charge is 0.481 e. The fraction of sp³-hybridized carbons (Fsp3) is 0.625. The fourth-order valence-corrected chi connectivity index (χ4v) is 2.75. The molecular formula is C24H45O8PZn. The van der Waals surface area contributed by atoms with Crippen LogP contribution < -0.4 is 0 Å². The van der Waals surface area contributed by atoms with Crippen LogP contribution in [0.2, 0.25) is 0 Å². The average Bonchev–Trinajstić information content (AvgIpc) is 2.73. The molecule has 0 aromatic heterocycles. The van der Waals surface area contributed by atoms with Crippen LogP contribution in [0.1, 0.15) is 90.4 Å². The molecule has 1 atom stereocenters. The number of allylic oxidation sites excluding steroid dienone is 1. The van der Waals surface area contributed by atoms with Gasteiger partial charge in [-0.15, -0.1) is 0 Å².